The Morgan fingerprint density at radius 1 is 1.18 bits per heavy atom. The molecule has 10 nitrogen and oxygen atoms in total. The molecule has 1 aromatic carbocycles. The van der Waals surface area contributed by atoms with Crippen LogP contribution in [0.4, 0.5) is 5.82 Å². The number of pyridine rings is 1. The maximum Gasteiger partial charge on any atom is 0.304 e. The summed E-state index contributed by atoms with van der Waals surface area (Å²) >= 11 is 0. The second-order valence-corrected chi connectivity index (χ2v) is 10.0. The Hall–Kier alpha value is -3.44. The molecule has 2 heterocycles. The molecule has 34 heavy (non-hydrogen) atoms. The number of carbonyl (C=O) groups is 1. The van der Waals surface area contributed by atoms with Crippen molar-refractivity contribution in [1.82, 2.24) is 19.3 Å². The summed E-state index contributed by atoms with van der Waals surface area (Å²) in [6.07, 6.45) is 2.14. The third kappa shape index (κ3) is 6.55. The van der Waals surface area contributed by atoms with Gasteiger partial charge in [0.2, 0.25) is 0 Å². The van der Waals surface area contributed by atoms with Crippen molar-refractivity contribution in [2.24, 2.45) is 0 Å². The zero-order chi connectivity index (χ0) is 24.7. The van der Waals surface area contributed by atoms with Crippen molar-refractivity contribution in [2.45, 2.75) is 30.2 Å². The van der Waals surface area contributed by atoms with E-state index < -0.39 is 21.9 Å². The number of rotatable bonds is 12. The van der Waals surface area contributed by atoms with Gasteiger partial charge in [-0.1, -0.05) is 18.2 Å². The zero-order valence-electron chi connectivity index (χ0n) is 19.4. The lowest BCUT2D eigenvalue weighted by atomic mass is 9.95. The van der Waals surface area contributed by atoms with Gasteiger partial charge in [0.25, 0.3) is 10.0 Å². The van der Waals surface area contributed by atoms with Crippen molar-refractivity contribution in [3.8, 4) is 5.75 Å². The molecular weight excluding hydrogens is 458 g/mol. The molecule has 182 valence electrons. The minimum atomic E-state index is -3.71. The van der Waals surface area contributed by atoms with Crippen molar-refractivity contribution < 1.29 is 23.1 Å². The van der Waals surface area contributed by atoms with Gasteiger partial charge in [0.05, 0.1) is 13.0 Å². The third-order valence-electron chi connectivity index (χ3n) is 5.22. The number of aromatic amines is 1. The summed E-state index contributed by atoms with van der Waals surface area (Å²) < 4.78 is 31.5. The number of ether oxygens (including phenoxy) is 1. The van der Waals surface area contributed by atoms with Gasteiger partial charge in [-0.25, -0.2) is 22.7 Å². The van der Waals surface area contributed by atoms with Crippen molar-refractivity contribution in [2.75, 3.05) is 33.1 Å². The number of hydrogen-bond acceptors (Lipinski definition) is 7. The van der Waals surface area contributed by atoms with Crippen molar-refractivity contribution in [3.63, 3.8) is 0 Å². The molecule has 0 fully saturated rings. The van der Waals surface area contributed by atoms with E-state index >= 15 is 0 Å². The van der Waals surface area contributed by atoms with Crippen LogP contribution in [0.5, 0.6) is 5.75 Å². The van der Waals surface area contributed by atoms with E-state index in [1.54, 1.807) is 0 Å². The molecule has 1 atom stereocenters. The van der Waals surface area contributed by atoms with Crippen LogP contribution in [0.15, 0.2) is 53.7 Å². The summed E-state index contributed by atoms with van der Waals surface area (Å²) in [6.45, 7) is 0.469. The second kappa shape index (κ2) is 11.1. The number of hydrogen-bond donors (Lipinski definition) is 3. The average Bonchev–Trinajstić information content (AvgIpc) is 3.31. The van der Waals surface area contributed by atoms with Crippen LogP contribution < -0.4 is 10.1 Å². The van der Waals surface area contributed by atoms with Crippen LogP contribution in [0.2, 0.25) is 0 Å². The molecule has 0 amide bonds. The van der Waals surface area contributed by atoms with E-state index in [2.05, 4.69) is 20.3 Å². The number of nitrogens with one attached hydrogen (secondary N) is 2. The summed E-state index contributed by atoms with van der Waals surface area (Å²) in [7, 11) is 0.940. The van der Waals surface area contributed by atoms with Crippen molar-refractivity contribution in [1.29, 1.82) is 0 Å². The van der Waals surface area contributed by atoms with E-state index in [1.807, 2.05) is 49.5 Å². The normalized spacial score (nSPS) is 12.5. The predicted octanol–water partition coefficient (Wildman–Crippen LogP) is 2.52. The van der Waals surface area contributed by atoms with Crippen molar-refractivity contribution in [3.05, 3.63) is 65.7 Å². The fourth-order valence-corrected chi connectivity index (χ4v) is 4.16. The van der Waals surface area contributed by atoms with Gasteiger partial charge in [-0.05, 0) is 36.2 Å². The van der Waals surface area contributed by atoms with E-state index in [4.69, 9.17) is 4.74 Å². The molecule has 3 aromatic rings. The Kier molecular flexibility index (Phi) is 8.24. The molecule has 3 rings (SSSR count). The van der Waals surface area contributed by atoms with Gasteiger partial charge < -0.3 is 20.1 Å². The van der Waals surface area contributed by atoms with E-state index in [-0.39, 0.29) is 11.4 Å². The number of aromatic nitrogens is 3. The predicted molar refractivity (Wildman–Crippen MR) is 128 cm³/mol. The van der Waals surface area contributed by atoms with Crippen LogP contribution in [-0.2, 0) is 27.7 Å². The second-order valence-electron chi connectivity index (χ2n) is 7.92. The minimum Gasteiger partial charge on any atom is -0.493 e. The number of imidazole rings is 1. The Bertz CT molecular complexity index is 1210. The summed E-state index contributed by atoms with van der Waals surface area (Å²) in [5.41, 5.74) is 1.81. The molecule has 0 saturated carbocycles. The molecule has 0 aliphatic heterocycles. The Morgan fingerprint density at radius 2 is 1.91 bits per heavy atom. The van der Waals surface area contributed by atoms with Gasteiger partial charge in [-0.2, -0.15) is 0 Å². The molecule has 1 unspecified atom stereocenters. The first-order valence-corrected chi connectivity index (χ1v) is 12.2. The van der Waals surface area contributed by atoms with E-state index in [0.29, 0.717) is 31.0 Å². The molecule has 2 aromatic heterocycles. The molecule has 0 bridgehead atoms. The summed E-state index contributed by atoms with van der Waals surface area (Å²) in [5.74, 6) is 0.316. The zero-order valence-corrected chi connectivity index (χ0v) is 20.2. The number of nitrogens with zero attached hydrogens (tertiary/aromatic N) is 3. The standard InChI is InChI=1S/C23H29N5O5S/c1-24-20-6-4-5-18(26-20)11-12-33-19-9-7-16(8-10-19)13-17(14-22(29)30)23-25-15-21(27-23)34(31,32)28(2)3/h4-10,15,17H,11-14H2,1-3H3,(H,24,26)(H,25,27)(H,29,30). The van der Waals surface area contributed by atoms with Gasteiger partial charge in [-0.3, -0.25) is 4.79 Å². The smallest absolute Gasteiger partial charge is 0.304 e. The minimum absolute atomic E-state index is 0.138. The first-order chi connectivity index (χ1) is 16.2. The Labute approximate surface area is 199 Å². The van der Waals surface area contributed by atoms with Gasteiger partial charge >= 0.3 is 5.97 Å². The monoisotopic (exact) mass is 487 g/mol. The lowest BCUT2D eigenvalue weighted by molar-refractivity contribution is -0.137. The lowest BCUT2D eigenvalue weighted by Gasteiger charge is -2.13. The highest BCUT2D eigenvalue weighted by molar-refractivity contribution is 7.89. The van der Waals surface area contributed by atoms with E-state index in [9.17, 15) is 18.3 Å². The Morgan fingerprint density at radius 3 is 2.56 bits per heavy atom. The average molecular weight is 488 g/mol. The number of H-pyrrole nitrogens is 1. The van der Waals surface area contributed by atoms with Crippen molar-refractivity contribution >= 4 is 21.8 Å². The highest BCUT2D eigenvalue weighted by atomic mass is 32.2. The van der Waals surface area contributed by atoms with Gasteiger partial charge in [0.1, 0.15) is 17.4 Å². The number of carboxylic acids is 1. The van der Waals surface area contributed by atoms with E-state index in [0.717, 1.165) is 21.4 Å². The first-order valence-electron chi connectivity index (χ1n) is 10.7. The van der Waals surface area contributed by atoms with Gasteiger partial charge in [0.15, 0.2) is 5.03 Å². The number of aliphatic carboxylic acids is 1. The SMILES string of the molecule is CNc1cccc(CCOc2ccc(CC(CC(=O)O)c3nc(S(=O)(=O)N(C)C)c[nH]3)cc2)n1. The van der Waals surface area contributed by atoms with Crippen LogP contribution in [-0.4, -0.2) is 66.5 Å². The molecule has 0 radical (unpaired) electrons. The maximum atomic E-state index is 12.3. The van der Waals surface area contributed by atoms with E-state index in [1.165, 1.54) is 20.3 Å². The number of anilines is 1. The molecule has 0 aliphatic rings. The summed E-state index contributed by atoms with van der Waals surface area (Å²) in [5, 5.41) is 12.2. The molecule has 11 heteroatoms. The number of sulfonamides is 1. The molecule has 0 spiro atoms. The molecule has 0 saturated heterocycles. The fourth-order valence-electron chi connectivity index (χ4n) is 3.36. The first kappa shape index (κ1) is 25.2. The molecule has 0 aliphatic carbocycles. The quantitative estimate of drug-likeness (QED) is 0.354. The van der Waals surface area contributed by atoms with Crippen LogP contribution in [0.25, 0.3) is 0 Å². The van der Waals surface area contributed by atoms with Gasteiger partial charge in [0, 0.05) is 45.4 Å². The third-order valence-corrected chi connectivity index (χ3v) is 6.92. The Balaban J connectivity index is 1.64. The molecule has 3 N–H and O–H groups in total. The van der Waals surface area contributed by atoms with Crippen LogP contribution in [0.3, 0.4) is 0 Å². The fraction of sp³-hybridized carbons (Fsp3) is 0.348. The summed E-state index contributed by atoms with van der Waals surface area (Å²) in [6, 6.07) is 13.2. The maximum absolute atomic E-state index is 12.3. The lowest BCUT2D eigenvalue weighted by Crippen LogP contribution is -2.22. The topological polar surface area (TPSA) is 138 Å². The largest absolute Gasteiger partial charge is 0.493 e. The van der Waals surface area contributed by atoms with Crippen LogP contribution in [0, 0.1) is 0 Å². The van der Waals surface area contributed by atoms with Crippen LogP contribution in [0.1, 0.15) is 29.4 Å². The highest BCUT2D eigenvalue weighted by Crippen LogP contribution is 2.25. The summed E-state index contributed by atoms with van der Waals surface area (Å²) in [4.78, 5) is 22.9. The molecular formula is C23H29N5O5S. The number of benzene rings is 1. The van der Waals surface area contributed by atoms with Crippen LogP contribution >= 0.6 is 0 Å². The van der Waals surface area contributed by atoms with Gasteiger partial charge in [-0.15, -0.1) is 0 Å². The number of carboxylic acid groups (broad SMARTS) is 1. The highest BCUT2D eigenvalue weighted by Gasteiger charge is 2.25.